The van der Waals surface area contributed by atoms with E-state index in [1.165, 1.54) is 0 Å². The minimum Gasteiger partial charge on any atom is -0.334 e. The van der Waals surface area contributed by atoms with Crippen molar-refractivity contribution in [1.29, 1.82) is 5.26 Å². The molecule has 0 atom stereocenters. The maximum Gasteiger partial charge on any atom is 0.252 e. The van der Waals surface area contributed by atoms with Crippen LogP contribution >= 0.6 is 15.9 Å². The van der Waals surface area contributed by atoms with Crippen molar-refractivity contribution in [2.75, 3.05) is 0 Å². The van der Waals surface area contributed by atoms with E-state index < -0.39 is 5.54 Å². The lowest BCUT2D eigenvalue weighted by Gasteiger charge is -2.31. The zero-order chi connectivity index (χ0) is 13.9. The molecule has 4 heteroatoms. The van der Waals surface area contributed by atoms with Gasteiger partial charge < -0.3 is 5.32 Å². The molecule has 2 rings (SSSR count). The van der Waals surface area contributed by atoms with Crippen molar-refractivity contribution in [2.45, 2.75) is 44.6 Å². The van der Waals surface area contributed by atoms with Crippen LogP contribution in [0, 0.1) is 18.3 Å². The zero-order valence-electron chi connectivity index (χ0n) is 11.0. The first-order valence-electron chi connectivity index (χ1n) is 6.56. The molecule has 3 nitrogen and oxygen atoms in total. The van der Waals surface area contributed by atoms with Gasteiger partial charge in [0.05, 0.1) is 6.07 Å². The lowest BCUT2D eigenvalue weighted by molar-refractivity contribution is 0.0902. The van der Waals surface area contributed by atoms with E-state index in [2.05, 4.69) is 27.3 Å². The summed E-state index contributed by atoms with van der Waals surface area (Å²) in [6, 6.07) is 7.92. The number of nitrogens with zero attached hydrogens (tertiary/aromatic N) is 1. The molecular weight excluding hydrogens is 304 g/mol. The molecular formula is C15H17BrN2O. The Labute approximate surface area is 122 Å². The van der Waals surface area contributed by atoms with Crippen molar-refractivity contribution in [2.24, 2.45) is 0 Å². The molecule has 1 N–H and O–H groups in total. The molecule has 0 heterocycles. The van der Waals surface area contributed by atoms with Crippen LogP contribution in [0.1, 0.15) is 48.0 Å². The monoisotopic (exact) mass is 320 g/mol. The lowest BCUT2D eigenvalue weighted by Crippen LogP contribution is -2.48. The fourth-order valence-corrected chi connectivity index (χ4v) is 2.90. The number of carbonyl (C=O) groups is 1. The number of carbonyl (C=O) groups excluding carboxylic acids is 1. The second-order valence-electron chi connectivity index (χ2n) is 5.17. The van der Waals surface area contributed by atoms with Crippen LogP contribution in [0.4, 0.5) is 0 Å². The van der Waals surface area contributed by atoms with Crippen molar-refractivity contribution in [3.63, 3.8) is 0 Å². The van der Waals surface area contributed by atoms with Gasteiger partial charge in [-0.05, 0) is 37.5 Å². The van der Waals surface area contributed by atoms with Crippen LogP contribution in [0.2, 0.25) is 0 Å². The highest BCUT2D eigenvalue weighted by atomic mass is 79.9. The van der Waals surface area contributed by atoms with E-state index in [-0.39, 0.29) is 5.91 Å². The summed E-state index contributed by atoms with van der Waals surface area (Å²) in [4.78, 5) is 12.4. The smallest absolute Gasteiger partial charge is 0.252 e. The van der Waals surface area contributed by atoms with Gasteiger partial charge in [-0.15, -0.1) is 0 Å². The predicted octanol–water partition coefficient (Wildman–Crippen LogP) is 3.71. The van der Waals surface area contributed by atoms with E-state index in [1.807, 2.05) is 19.1 Å². The summed E-state index contributed by atoms with van der Waals surface area (Å²) in [5.41, 5.74) is 0.878. The third-order valence-corrected chi connectivity index (χ3v) is 4.21. The van der Waals surface area contributed by atoms with Crippen molar-refractivity contribution < 1.29 is 4.79 Å². The van der Waals surface area contributed by atoms with Gasteiger partial charge in [0.2, 0.25) is 0 Å². The molecule has 100 valence electrons. The van der Waals surface area contributed by atoms with Gasteiger partial charge in [0.1, 0.15) is 5.54 Å². The van der Waals surface area contributed by atoms with Gasteiger partial charge in [-0.25, -0.2) is 0 Å². The molecule has 1 aliphatic carbocycles. The SMILES string of the molecule is Cc1ccc(Br)cc1C(=O)NC1(C#N)CCCCC1. The van der Waals surface area contributed by atoms with Gasteiger partial charge in [-0.3, -0.25) is 4.79 Å². The number of halogens is 1. The summed E-state index contributed by atoms with van der Waals surface area (Å²) in [5.74, 6) is -0.151. The Morgan fingerprint density at radius 1 is 1.37 bits per heavy atom. The van der Waals surface area contributed by atoms with Crippen LogP contribution in [0.3, 0.4) is 0 Å². The van der Waals surface area contributed by atoms with E-state index in [0.717, 1.165) is 42.1 Å². The average Bonchev–Trinajstić information content (AvgIpc) is 2.42. The third-order valence-electron chi connectivity index (χ3n) is 3.72. The molecule has 0 aromatic heterocycles. The highest BCUT2D eigenvalue weighted by Gasteiger charge is 2.34. The van der Waals surface area contributed by atoms with Gasteiger partial charge in [0, 0.05) is 10.0 Å². The number of hydrogen-bond donors (Lipinski definition) is 1. The maximum atomic E-state index is 12.4. The molecule has 1 aromatic rings. The first kappa shape index (κ1) is 14.1. The highest BCUT2D eigenvalue weighted by molar-refractivity contribution is 9.10. The van der Waals surface area contributed by atoms with E-state index in [1.54, 1.807) is 6.07 Å². The summed E-state index contributed by atoms with van der Waals surface area (Å²) in [6.07, 6.45) is 4.66. The van der Waals surface area contributed by atoms with Crippen LogP contribution in [-0.2, 0) is 0 Å². The normalized spacial score (nSPS) is 17.5. The van der Waals surface area contributed by atoms with E-state index >= 15 is 0 Å². The van der Waals surface area contributed by atoms with Crippen molar-refractivity contribution >= 4 is 21.8 Å². The molecule has 1 aliphatic rings. The fourth-order valence-electron chi connectivity index (χ4n) is 2.54. The largest absolute Gasteiger partial charge is 0.334 e. The number of hydrogen-bond acceptors (Lipinski definition) is 2. The Morgan fingerprint density at radius 3 is 2.68 bits per heavy atom. The van der Waals surface area contributed by atoms with Crippen LogP contribution in [0.15, 0.2) is 22.7 Å². The van der Waals surface area contributed by atoms with Gasteiger partial charge in [-0.1, -0.05) is 41.3 Å². The Kier molecular flexibility index (Phi) is 4.26. The van der Waals surface area contributed by atoms with Gasteiger partial charge in [0.15, 0.2) is 0 Å². The topological polar surface area (TPSA) is 52.9 Å². The molecule has 0 saturated heterocycles. The van der Waals surface area contributed by atoms with Gasteiger partial charge in [-0.2, -0.15) is 5.26 Å². The molecule has 0 radical (unpaired) electrons. The molecule has 1 amide bonds. The first-order valence-corrected chi connectivity index (χ1v) is 7.35. The van der Waals surface area contributed by atoms with Gasteiger partial charge >= 0.3 is 0 Å². The van der Waals surface area contributed by atoms with Crippen molar-refractivity contribution in [1.82, 2.24) is 5.32 Å². The Morgan fingerprint density at radius 2 is 2.05 bits per heavy atom. The van der Waals surface area contributed by atoms with Crippen LogP contribution in [-0.4, -0.2) is 11.4 Å². The molecule has 0 bridgehead atoms. The second-order valence-corrected chi connectivity index (χ2v) is 6.08. The summed E-state index contributed by atoms with van der Waals surface area (Å²) < 4.78 is 0.873. The molecule has 1 fully saturated rings. The third kappa shape index (κ3) is 3.16. The number of nitrogens with one attached hydrogen (secondary N) is 1. The second kappa shape index (κ2) is 5.75. The predicted molar refractivity (Wildman–Crippen MR) is 77.8 cm³/mol. The number of benzene rings is 1. The van der Waals surface area contributed by atoms with Crippen LogP contribution < -0.4 is 5.32 Å². The first-order chi connectivity index (χ1) is 9.06. The maximum absolute atomic E-state index is 12.4. The van der Waals surface area contributed by atoms with Crippen molar-refractivity contribution in [3.05, 3.63) is 33.8 Å². The van der Waals surface area contributed by atoms with E-state index in [4.69, 9.17) is 0 Å². The number of rotatable bonds is 2. The minimum atomic E-state index is -0.676. The summed E-state index contributed by atoms with van der Waals surface area (Å²) in [7, 11) is 0. The Hall–Kier alpha value is -1.34. The number of amides is 1. The Bertz CT molecular complexity index is 527. The van der Waals surface area contributed by atoms with E-state index in [9.17, 15) is 10.1 Å². The fraction of sp³-hybridized carbons (Fsp3) is 0.467. The molecule has 0 unspecified atom stereocenters. The Balaban J connectivity index is 2.20. The lowest BCUT2D eigenvalue weighted by atomic mass is 9.82. The molecule has 0 aliphatic heterocycles. The average molecular weight is 321 g/mol. The molecule has 19 heavy (non-hydrogen) atoms. The zero-order valence-corrected chi connectivity index (χ0v) is 12.6. The van der Waals surface area contributed by atoms with Crippen LogP contribution in [0.5, 0.6) is 0 Å². The minimum absolute atomic E-state index is 0.151. The van der Waals surface area contributed by atoms with E-state index in [0.29, 0.717) is 5.56 Å². The standard InChI is InChI=1S/C15H17BrN2O/c1-11-5-6-12(16)9-13(11)14(19)18-15(10-17)7-3-2-4-8-15/h5-6,9H,2-4,7-8H2,1H3,(H,18,19). The molecule has 1 saturated carbocycles. The summed E-state index contributed by atoms with van der Waals surface area (Å²) in [5, 5.41) is 12.3. The summed E-state index contributed by atoms with van der Waals surface area (Å²) in [6.45, 7) is 1.90. The number of aryl methyl sites for hydroxylation is 1. The molecule has 0 spiro atoms. The number of nitriles is 1. The van der Waals surface area contributed by atoms with Gasteiger partial charge in [0.25, 0.3) is 5.91 Å². The van der Waals surface area contributed by atoms with Crippen LogP contribution in [0.25, 0.3) is 0 Å². The summed E-state index contributed by atoms with van der Waals surface area (Å²) >= 11 is 3.38. The van der Waals surface area contributed by atoms with Crippen molar-refractivity contribution in [3.8, 4) is 6.07 Å². The highest BCUT2D eigenvalue weighted by Crippen LogP contribution is 2.28. The molecule has 1 aromatic carbocycles. The quantitative estimate of drug-likeness (QED) is 0.903.